The zero-order valence-corrected chi connectivity index (χ0v) is 14.3. The first-order valence-corrected chi connectivity index (χ1v) is 8.14. The second kappa shape index (κ2) is 6.93. The van der Waals surface area contributed by atoms with E-state index in [0.29, 0.717) is 10.8 Å². The number of rotatable bonds is 4. The Labute approximate surface area is 146 Å². The maximum atomic E-state index is 12.5. The fourth-order valence-electron chi connectivity index (χ4n) is 2.56. The first-order chi connectivity index (χ1) is 11.5. The van der Waals surface area contributed by atoms with E-state index in [1.807, 2.05) is 55.5 Å². The lowest BCUT2D eigenvalue weighted by Crippen LogP contribution is -2.30. The molecule has 0 saturated carbocycles. The number of halogens is 1. The molecule has 0 saturated heterocycles. The average Bonchev–Trinajstić information content (AvgIpc) is 2.57. The highest BCUT2D eigenvalue weighted by atomic mass is 35.5. The lowest BCUT2D eigenvalue weighted by Gasteiger charge is -2.17. The Hall–Kier alpha value is -2.52. The maximum absolute atomic E-state index is 12.5. The van der Waals surface area contributed by atoms with Gasteiger partial charge in [-0.15, -0.1) is 0 Å². The number of amides is 1. The molecule has 4 heteroatoms. The molecule has 3 aromatic rings. The van der Waals surface area contributed by atoms with Gasteiger partial charge in [0, 0.05) is 16.1 Å². The minimum Gasteiger partial charge on any atom is -0.481 e. The predicted molar refractivity (Wildman–Crippen MR) is 98.9 cm³/mol. The Morgan fingerprint density at radius 3 is 2.62 bits per heavy atom. The van der Waals surface area contributed by atoms with Gasteiger partial charge in [0.25, 0.3) is 5.91 Å². The third-order valence-electron chi connectivity index (χ3n) is 3.86. The Morgan fingerprint density at radius 2 is 1.83 bits per heavy atom. The zero-order chi connectivity index (χ0) is 17.1. The molecule has 1 unspecified atom stereocenters. The van der Waals surface area contributed by atoms with Crippen LogP contribution in [0.25, 0.3) is 10.8 Å². The predicted octanol–water partition coefficient (Wildman–Crippen LogP) is 5.21. The van der Waals surface area contributed by atoms with Crippen LogP contribution in [0, 0.1) is 6.92 Å². The van der Waals surface area contributed by atoms with Gasteiger partial charge in [0.15, 0.2) is 6.10 Å². The molecule has 1 atom stereocenters. The van der Waals surface area contributed by atoms with Gasteiger partial charge in [-0.3, -0.25) is 4.79 Å². The van der Waals surface area contributed by atoms with E-state index in [4.69, 9.17) is 16.3 Å². The number of ether oxygens (including phenoxy) is 1. The Kier molecular flexibility index (Phi) is 4.72. The zero-order valence-electron chi connectivity index (χ0n) is 13.5. The van der Waals surface area contributed by atoms with Crippen molar-refractivity contribution in [1.82, 2.24) is 0 Å². The highest BCUT2D eigenvalue weighted by Gasteiger charge is 2.16. The average molecular weight is 340 g/mol. The van der Waals surface area contributed by atoms with E-state index in [1.54, 1.807) is 19.1 Å². The van der Waals surface area contributed by atoms with Crippen LogP contribution in [0.1, 0.15) is 12.5 Å². The molecule has 3 rings (SSSR count). The van der Waals surface area contributed by atoms with Crippen LogP contribution < -0.4 is 10.1 Å². The minimum absolute atomic E-state index is 0.194. The van der Waals surface area contributed by atoms with Crippen molar-refractivity contribution in [3.05, 3.63) is 71.2 Å². The van der Waals surface area contributed by atoms with Crippen LogP contribution in [0.2, 0.25) is 5.02 Å². The van der Waals surface area contributed by atoms with Crippen molar-refractivity contribution in [3.8, 4) is 5.75 Å². The van der Waals surface area contributed by atoms with Crippen LogP contribution in [0.3, 0.4) is 0 Å². The fourth-order valence-corrected chi connectivity index (χ4v) is 2.78. The third kappa shape index (κ3) is 3.52. The summed E-state index contributed by atoms with van der Waals surface area (Å²) in [6.07, 6.45) is -0.621. The van der Waals surface area contributed by atoms with Crippen LogP contribution in [-0.2, 0) is 4.79 Å². The summed E-state index contributed by atoms with van der Waals surface area (Å²) in [6.45, 7) is 3.63. The maximum Gasteiger partial charge on any atom is 0.265 e. The Bertz CT molecular complexity index is 886. The van der Waals surface area contributed by atoms with Crippen LogP contribution in [-0.4, -0.2) is 12.0 Å². The van der Waals surface area contributed by atoms with Crippen LogP contribution in [0.15, 0.2) is 60.7 Å². The number of anilines is 1. The first kappa shape index (κ1) is 16.3. The standard InChI is InChI=1S/C20H18ClNO2/c1-13-12-16(21)10-11-19(13)24-14(2)20(23)22-18-9-5-7-15-6-3-4-8-17(15)18/h3-12,14H,1-2H3,(H,22,23). The largest absolute Gasteiger partial charge is 0.481 e. The van der Waals surface area contributed by atoms with E-state index in [2.05, 4.69) is 5.32 Å². The molecule has 1 amide bonds. The summed E-state index contributed by atoms with van der Waals surface area (Å²) in [7, 11) is 0. The molecule has 0 fully saturated rings. The lowest BCUT2D eigenvalue weighted by molar-refractivity contribution is -0.122. The molecule has 3 nitrogen and oxygen atoms in total. The van der Waals surface area contributed by atoms with Crippen LogP contribution in [0.4, 0.5) is 5.69 Å². The van der Waals surface area contributed by atoms with Crippen molar-refractivity contribution in [2.24, 2.45) is 0 Å². The monoisotopic (exact) mass is 339 g/mol. The molecule has 0 radical (unpaired) electrons. The Balaban J connectivity index is 1.76. The van der Waals surface area contributed by atoms with Crippen molar-refractivity contribution in [3.63, 3.8) is 0 Å². The number of fused-ring (bicyclic) bond motifs is 1. The van der Waals surface area contributed by atoms with Gasteiger partial charge >= 0.3 is 0 Å². The molecule has 0 aromatic heterocycles. The van der Waals surface area contributed by atoms with Crippen molar-refractivity contribution in [2.45, 2.75) is 20.0 Å². The topological polar surface area (TPSA) is 38.3 Å². The highest BCUT2D eigenvalue weighted by Crippen LogP contribution is 2.25. The van der Waals surface area contributed by atoms with Crippen LogP contribution in [0.5, 0.6) is 5.75 Å². The minimum atomic E-state index is -0.621. The summed E-state index contributed by atoms with van der Waals surface area (Å²) in [5.41, 5.74) is 1.67. The molecule has 0 bridgehead atoms. The smallest absolute Gasteiger partial charge is 0.265 e. The van der Waals surface area contributed by atoms with Gasteiger partial charge in [-0.2, -0.15) is 0 Å². The van der Waals surface area contributed by atoms with E-state index in [0.717, 1.165) is 22.0 Å². The molecule has 3 aromatic carbocycles. The van der Waals surface area contributed by atoms with Gasteiger partial charge in [0.2, 0.25) is 0 Å². The molecule has 122 valence electrons. The second-order valence-electron chi connectivity index (χ2n) is 5.69. The van der Waals surface area contributed by atoms with Crippen molar-refractivity contribution >= 4 is 34.0 Å². The second-order valence-corrected chi connectivity index (χ2v) is 6.12. The van der Waals surface area contributed by atoms with Crippen molar-refractivity contribution in [1.29, 1.82) is 0 Å². The fraction of sp³-hybridized carbons (Fsp3) is 0.150. The van der Waals surface area contributed by atoms with E-state index in [-0.39, 0.29) is 5.91 Å². The van der Waals surface area contributed by atoms with Gasteiger partial charge in [0.1, 0.15) is 5.75 Å². The number of aryl methyl sites for hydroxylation is 1. The number of hydrogen-bond acceptors (Lipinski definition) is 2. The van der Waals surface area contributed by atoms with Crippen LogP contribution >= 0.6 is 11.6 Å². The summed E-state index contributed by atoms with van der Waals surface area (Å²) in [5.74, 6) is 0.459. The van der Waals surface area contributed by atoms with E-state index in [1.165, 1.54) is 0 Å². The summed E-state index contributed by atoms with van der Waals surface area (Å²) < 4.78 is 5.78. The molecule has 0 heterocycles. The molecule has 1 N–H and O–H groups in total. The summed E-state index contributed by atoms with van der Waals surface area (Å²) in [5, 5.41) is 5.68. The molecular weight excluding hydrogens is 322 g/mol. The van der Waals surface area contributed by atoms with E-state index >= 15 is 0 Å². The molecular formula is C20H18ClNO2. The van der Waals surface area contributed by atoms with Gasteiger partial charge in [-0.25, -0.2) is 0 Å². The third-order valence-corrected chi connectivity index (χ3v) is 4.09. The molecule has 24 heavy (non-hydrogen) atoms. The van der Waals surface area contributed by atoms with E-state index in [9.17, 15) is 4.79 Å². The first-order valence-electron chi connectivity index (χ1n) is 7.76. The number of carbonyl (C=O) groups excluding carboxylic acids is 1. The van der Waals surface area contributed by atoms with Crippen molar-refractivity contribution < 1.29 is 9.53 Å². The molecule has 0 aliphatic rings. The summed E-state index contributed by atoms with van der Waals surface area (Å²) in [4.78, 5) is 12.5. The Morgan fingerprint density at radius 1 is 1.08 bits per heavy atom. The van der Waals surface area contributed by atoms with Gasteiger partial charge in [-0.1, -0.05) is 48.0 Å². The number of hydrogen-bond donors (Lipinski definition) is 1. The molecule has 0 aliphatic heterocycles. The lowest BCUT2D eigenvalue weighted by atomic mass is 10.1. The normalized spacial score (nSPS) is 12.0. The summed E-state index contributed by atoms with van der Waals surface area (Å²) >= 11 is 5.94. The molecule has 0 aliphatic carbocycles. The number of carbonyl (C=O) groups is 1. The van der Waals surface area contributed by atoms with Gasteiger partial charge < -0.3 is 10.1 Å². The number of nitrogens with one attached hydrogen (secondary N) is 1. The SMILES string of the molecule is Cc1cc(Cl)ccc1OC(C)C(=O)Nc1cccc2ccccc12. The quantitative estimate of drug-likeness (QED) is 0.708. The van der Waals surface area contributed by atoms with Gasteiger partial charge in [0.05, 0.1) is 0 Å². The van der Waals surface area contributed by atoms with Crippen molar-refractivity contribution in [2.75, 3.05) is 5.32 Å². The summed E-state index contributed by atoms with van der Waals surface area (Å²) in [6, 6.07) is 19.1. The number of benzene rings is 3. The molecule has 0 spiro atoms. The van der Waals surface area contributed by atoms with Gasteiger partial charge in [-0.05, 0) is 49.1 Å². The van der Waals surface area contributed by atoms with E-state index < -0.39 is 6.10 Å². The highest BCUT2D eigenvalue weighted by molar-refractivity contribution is 6.30.